The molecule has 218 valence electrons. The second kappa shape index (κ2) is 34.1. The molecule has 0 bridgehead atoms. The molecule has 0 saturated carbocycles. The van der Waals surface area contributed by atoms with Crippen molar-refractivity contribution in [3.8, 4) is 0 Å². The molecule has 0 aromatic rings. The molecule has 2 unspecified atom stereocenters. The Bertz CT molecular complexity index is 670. The van der Waals surface area contributed by atoms with E-state index >= 15 is 0 Å². The fourth-order valence-electron chi connectivity index (χ4n) is 3.87. The van der Waals surface area contributed by atoms with Gasteiger partial charge >= 0.3 is 206 Å². The topological polar surface area (TPSA) is 262 Å². The molecule has 0 aliphatic rings. The Kier molecular flexibility index (Phi) is 47.8. The average molecular weight is 693 g/mol. The number of unbranched alkanes of at least 4 members (excludes halogenated alkanes) is 7. The molecule has 0 spiro atoms. The minimum Gasteiger partial charge on any atom is -0.550 e. The Morgan fingerprint density at radius 3 is 1.24 bits per heavy atom. The van der Waals surface area contributed by atoms with Crippen LogP contribution in [0.2, 0.25) is 0 Å². The van der Waals surface area contributed by atoms with Crippen LogP contribution in [0, 0.1) is 5.41 Å². The van der Waals surface area contributed by atoms with Crippen LogP contribution in [0.3, 0.4) is 0 Å². The molecule has 17 heteroatoms. The van der Waals surface area contributed by atoms with Crippen molar-refractivity contribution in [3.63, 3.8) is 0 Å². The summed E-state index contributed by atoms with van der Waals surface area (Å²) in [6, 6.07) is 0. The monoisotopic (exact) mass is 692 g/mol. The summed E-state index contributed by atoms with van der Waals surface area (Å²) in [7, 11) is 0. The first kappa shape index (κ1) is 57.5. The van der Waals surface area contributed by atoms with Gasteiger partial charge < -0.3 is 65.1 Å². The van der Waals surface area contributed by atoms with Crippen LogP contribution in [-0.2, 0) is 19.2 Å². The SMILES string of the molecule is CCCCCCCCCCC(CC(O)CO)(CC(O)CO)C(=O)[O-].O=C([O-])CC(O)(CC(=O)[O-])C(=O)[O-].[K+].[K+].[K+].[K+]. The molecule has 0 amide bonds. The molecule has 0 aromatic carbocycles. The third-order valence-corrected chi connectivity index (χ3v) is 5.87. The number of hydrogen-bond acceptors (Lipinski definition) is 13. The van der Waals surface area contributed by atoms with E-state index in [2.05, 4.69) is 6.92 Å². The number of hydrogen-bond donors (Lipinski definition) is 5. The van der Waals surface area contributed by atoms with E-state index in [1.807, 2.05) is 0 Å². The Hall–Kier alpha value is 4.23. The normalized spacial score (nSPS) is 13.1. The number of carbonyl (C=O) groups excluding carboxylic acids is 4. The summed E-state index contributed by atoms with van der Waals surface area (Å²) in [6.07, 6.45) is 3.37. The number of carboxylic acids is 4. The zero-order chi connectivity index (χ0) is 29.1. The molecule has 0 radical (unpaired) electrons. The van der Waals surface area contributed by atoms with Crippen molar-refractivity contribution in [1.82, 2.24) is 0 Å². The van der Waals surface area contributed by atoms with Gasteiger partial charge in [0, 0.05) is 36.2 Å². The fourth-order valence-corrected chi connectivity index (χ4v) is 3.87. The minimum absolute atomic E-state index is 0. The van der Waals surface area contributed by atoms with Gasteiger partial charge in [0.25, 0.3) is 0 Å². The van der Waals surface area contributed by atoms with Gasteiger partial charge in [0.05, 0.1) is 31.4 Å². The van der Waals surface area contributed by atoms with Crippen LogP contribution in [0.1, 0.15) is 90.4 Å². The van der Waals surface area contributed by atoms with Crippen molar-refractivity contribution in [2.45, 2.75) is 108 Å². The Balaban J connectivity index is -0.000000156. The first-order valence-electron chi connectivity index (χ1n) is 12.3. The zero-order valence-corrected chi connectivity index (χ0v) is 37.8. The van der Waals surface area contributed by atoms with Crippen LogP contribution in [-0.4, -0.2) is 80.4 Å². The van der Waals surface area contributed by atoms with Gasteiger partial charge in [-0.25, -0.2) is 0 Å². The van der Waals surface area contributed by atoms with E-state index in [9.17, 15) is 49.8 Å². The Morgan fingerprint density at radius 2 is 0.976 bits per heavy atom. The molecule has 0 aromatic heterocycles. The van der Waals surface area contributed by atoms with Gasteiger partial charge in [0.1, 0.15) is 5.60 Å². The Labute approximate surface area is 412 Å². The van der Waals surface area contributed by atoms with E-state index in [1.165, 1.54) is 25.7 Å². The molecule has 2 atom stereocenters. The van der Waals surface area contributed by atoms with Crippen molar-refractivity contribution < 1.29 is 271 Å². The van der Waals surface area contributed by atoms with Crippen LogP contribution < -0.4 is 226 Å². The molecule has 0 saturated heterocycles. The standard InChI is InChI=1S/C18H36O6.C6H8O7.4K/c1-2-3-4-5-6-7-8-9-10-18(17(23)24,11-15(21)13-19)12-16(22)14-20;7-3(8)1-6(13,5(11)12)2-4(9)10;;;;/h15-16,19-22H,2-14H2,1H3,(H,23,24);13H,1-2H2,(H,7,8)(H,9,10)(H,11,12);;;;/q;;4*+1/p-4. The van der Waals surface area contributed by atoms with Gasteiger partial charge in [-0.05, 0) is 19.3 Å². The molecule has 5 N–H and O–H groups in total. The van der Waals surface area contributed by atoms with Crippen LogP contribution in [0.5, 0.6) is 0 Å². The van der Waals surface area contributed by atoms with E-state index in [0.717, 1.165) is 19.3 Å². The third kappa shape index (κ3) is 30.1. The maximum Gasteiger partial charge on any atom is 1.00 e. The predicted octanol–water partition coefficient (Wildman–Crippen LogP) is -16.5. The van der Waals surface area contributed by atoms with Gasteiger partial charge in [-0.15, -0.1) is 0 Å². The van der Waals surface area contributed by atoms with Crippen LogP contribution >= 0.6 is 0 Å². The summed E-state index contributed by atoms with van der Waals surface area (Å²) in [6.45, 7) is 1.09. The van der Waals surface area contributed by atoms with Crippen molar-refractivity contribution in [2.24, 2.45) is 5.41 Å². The van der Waals surface area contributed by atoms with Crippen LogP contribution in [0.4, 0.5) is 0 Å². The fraction of sp³-hybridized carbons (Fsp3) is 0.833. The predicted molar refractivity (Wildman–Crippen MR) is 119 cm³/mol. The second-order valence-electron chi connectivity index (χ2n) is 9.29. The molecule has 0 aliphatic heterocycles. The largest absolute Gasteiger partial charge is 1.00 e. The van der Waals surface area contributed by atoms with E-state index in [-0.39, 0.29) is 225 Å². The number of aliphatic hydroxyl groups is 5. The summed E-state index contributed by atoms with van der Waals surface area (Å²) < 4.78 is 0. The summed E-state index contributed by atoms with van der Waals surface area (Å²) >= 11 is 0. The van der Waals surface area contributed by atoms with Crippen LogP contribution in [0.15, 0.2) is 0 Å². The summed E-state index contributed by atoms with van der Waals surface area (Å²) in [5.41, 5.74) is -4.40. The smallest absolute Gasteiger partial charge is 0.550 e. The summed E-state index contributed by atoms with van der Waals surface area (Å²) in [4.78, 5) is 41.7. The molecule has 0 fully saturated rings. The average Bonchev–Trinajstić information content (AvgIpc) is 2.79. The van der Waals surface area contributed by atoms with Crippen LogP contribution in [0.25, 0.3) is 0 Å². The van der Waals surface area contributed by atoms with Gasteiger partial charge in [-0.1, -0.05) is 58.3 Å². The maximum absolute atomic E-state index is 11.7. The maximum atomic E-state index is 11.7. The first-order chi connectivity index (χ1) is 17.2. The van der Waals surface area contributed by atoms with Gasteiger partial charge in [-0.2, -0.15) is 0 Å². The third-order valence-electron chi connectivity index (χ3n) is 5.87. The number of rotatable bonds is 21. The first-order valence-corrected chi connectivity index (χ1v) is 12.3. The van der Waals surface area contributed by atoms with E-state index in [4.69, 9.17) is 15.3 Å². The van der Waals surface area contributed by atoms with Crippen molar-refractivity contribution in [1.29, 1.82) is 0 Å². The molecule has 0 heterocycles. The molecular weight excluding hydrogens is 653 g/mol. The number of carbonyl (C=O) groups is 4. The summed E-state index contributed by atoms with van der Waals surface area (Å²) in [5, 5.41) is 87.9. The number of aliphatic carboxylic acids is 4. The number of carboxylic acid groups (broad SMARTS) is 4. The summed E-state index contributed by atoms with van der Waals surface area (Å²) in [5.74, 6) is -7.33. The van der Waals surface area contributed by atoms with Gasteiger partial charge in [0.2, 0.25) is 0 Å². The van der Waals surface area contributed by atoms with E-state index in [0.29, 0.717) is 6.42 Å². The van der Waals surface area contributed by atoms with Gasteiger partial charge in [0.15, 0.2) is 0 Å². The minimum atomic E-state index is -2.97. The second-order valence-corrected chi connectivity index (χ2v) is 9.29. The quantitative estimate of drug-likeness (QED) is 0.0554. The molecular formula is C24H40K4O13. The molecule has 0 aliphatic carbocycles. The molecule has 41 heavy (non-hydrogen) atoms. The van der Waals surface area contributed by atoms with Crippen molar-refractivity contribution >= 4 is 23.9 Å². The zero-order valence-electron chi connectivity index (χ0n) is 25.3. The molecule has 0 rings (SSSR count). The Morgan fingerprint density at radius 1 is 0.634 bits per heavy atom. The van der Waals surface area contributed by atoms with E-state index in [1.54, 1.807) is 0 Å². The number of aliphatic hydroxyl groups excluding tert-OH is 4. The van der Waals surface area contributed by atoms with Crippen molar-refractivity contribution in [3.05, 3.63) is 0 Å². The van der Waals surface area contributed by atoms with E-state index < -0.39 is 73.2 Å². The van der Waals surface area contributed by atoms with Gasteiger partial charge in [-0.3, -0.25) is 0 Å². The molecule has 13 nitrogen and oxygen atoms in total. The van der Waals surface area contributed by atoms with Crippen molar-refractivity contribution in [2.75, 3.05) is 13.2 Å².